The molecule has 0 aliphatic carbocycles. The number of aromatic hydroxyl groups is 2. The third kappa shape index (κ3) is 9.04. The first kappa shape index (κ1) is 30.1. The van der Waals surface area contributed by atoms with Gasteiger partial charge in [-0.05, 0) is 34.9 Å². The first-order valence-electron chi connectivity index (χ1n) is 13.8. The molecule has 4 nitrogen and oxygen atoms in total. The highest BCUT2D eigenvalue weighted by molar-refractivity contribution is 7.56. The summed E-state index contributed by atoms with van der Waals surface area (Å²) in [6.07, 6.45) is 0. The van der Waals surface area contributed by atoms with Crippen LogP contribution >= 0.6 is 17.2 Å². The van der Waals surface area contributed by atoms with Gasteiger partial charge in [0.15, 0.2) is 0 Å². The van der Waals surface area contributed by atoms with Crippen LogP contribution in [0.2, 0.25) is 0 Å². The number of hydrogen-bond donors (Lipinski definition) is 2. The van der Waals surface area contributed by atoms with Gasteiger partial charge in [-0.1, -0.05) is 157 Å². The van der Waals surface area contributed by atoms with Gasteiger partial charge in [-0.25, -0.2) is 0 Å². The smallest absolute Gasteiger partial charge is 0.479 e. The topological polar surface area (TPSA) is 58.9 Å². The molecule has 2 N–H and O–H groups in total. The van der Waals surface area contributed by atoms with Gasteiger partial charge in [0.25, 0.3) is 0 Å². The normalized spacial score (nSPS) is 12.0. The SMILES string of the molecule is Oc1ccccc1Pc1ccccc1.Oc1ccccc1Pc1ccccc1.c1ccc([SiH]2Oc3ccccc3O2)cc1. The minimum atomic E-state index is -1.73. The maximum atomic E-state index is 9.58. The van der Waals surface area contributed by atoms with Crippen molar-refractivity contribution in [2.75, 3.05) is 0 Å². The number of fused-ring (bicyclic) bond motifs is 1. The summed E-state index contributed by atoms with van der Waals surface area (Å²) in [5.41, 5.74) is 0. The monoisotopic (exact) mass is 618 g/mol. The molecule has 0 bridgehead atoms. The molecule has 0 amide bonds. The minimum Gasteiger partial charge on any atom is -0.508 e. The summed E-state index contributed by atoms with van der Waals surface area (Å²) in [7, 11) is -0.676. The summed E-state index contributed by atoms with van der Waals surface area (Å²) < 4.78 is 11.6. The van der Waals surface area contributed by atoms with Crippen molar-refractivity contribution in [2.45, 2.75) is 0 Å². The second-order valence-corrected chi connectivity index (χ2v) is 14.0. The van der Waals surface area contributed by atoms with Crippen molar-refractivity contribution in [3.63, 3.8) is 0 Å². The molecule has 1 heterocycles. The maximum Gasteiger partial charge on any atom is 0.479 e. The molecule has 1 aliphatic rings. The van der Waals surface area contributed by atoms with Crippen molar-refractivity contribution in [1.82, 2.24) is 0 Å². The van der Waals surface area contributed by atoms with Crippen LogP contribution in [0.3, 0.4) is 0 Å². The molecule has 0 aromatic heterocycles. The Hall–Kier alpha value is -4.40. The van der Waals surface area contributed by atoms with Gasteiger partial charge in [0.1, 0.15) is 23.0 Å². The van der Waals surface area contributed by atoms with E-state index in [1.165, 1.54) is 15.8 Å². The third-order valence-electron chi connectivity index (χ3n) is 6.30. The molecular formula is C36H32O4P2Si. The number of rotatable bonds is 5. The van der Waals surface area contributed by atoms with E-state index in [0.717, 1.165) is 22.1 Å². The summed E-state index contributed by atoms with van der Waals surface area (Å²) in [5.74, 6) is 2.51. The Morgan fingerprint density at radius 1 is 0.395 bits per heavy atom. The van der Waals surface area contributed by atoms with Gasteiger partial charge in [-0.3, -0.25) is 0 Å². The fourth-order valence-electron chi connectivity index (χ4n) is 4.16. The Bertz CT molecular complexity index is 1600. The molecule has 0 spiro atoms. The first-order chi connectivity index (χ1) is 21.2. The fourth-order valence-corrected chi connectivity index (χ4v) is 7.99. The van der Waals surface area contributed by atoms with Crippen molar-refractivity contribution in [1.29, 1.82) is 0 Å². The van der Waals surface area contributed by atoms with Crippen LogP contribution in [0.25, 0.3) is 0 Å². The molecule has 6 aromatic rings. The molecular weight excluding hydrogens is 586 g/mol. The highest BCUT2D eigenvalue weighted by atomic mass is 31.1. The number of phenols is 2. The van der Waals surface area contributed by atoms with Gasteiger partial charge >= 0.3 is 9.28 Å². The van der Waals surface area contributed by atoms with E-state index in [2.05, 4.69) is 36.4 Å². The summed E-state index contributed by atoms with van der Waals surface area (Å²) >= 11 is 0. The predicted octanol–water partition coefficient (Wildman–Crippen LogP) is 5.63. The van der Waals surface area contributed by atoms with Crippen LogP contribution < -0.4 is 35.3 Å². The fraction of sp³-hybridized carbons (Fsp3) is 0. The van der Waals surface area contributed by atoms with Crippen LogP contribution in [-0.4, -0.2) is 19.5 Å². The lowest BCUT2D eigenvalue weighted by Gasteiger charge is -2.06. The molecule has 0 radical (unpaired) electrons. The van der Waals surface area contributed by atoms with Gasteiger partial charge in [-0.2, -0.15) is 0 Å². The number of hydrogen-bond acceptors (Lipinski definition) is 4. The van der Waals surface area contributed by atoms with Crippen LogP contribution in [0.1, 0.15) is 0 Å². The third-order valence-corrected chi connectivity index (χ3v) is 10.8. The molecule has 2 unspecified atom stereocenters. The first-order valence-corrected chi connectivity index (χ1v) is 17.3. The Labute approximate surface area is 258 Å². The second-order valence-electron chi connectivity index (χ2n) is 9.44. The lowest BCUT2D eigenvalue weighted by Crippen LogP contribution is -2.38. The van der Waals surface area contributed by atoms with Crippen molar-refractivity contribution in [3.8, 4) is 23.0 Å². The van der Waals surface area contributed by atoms with Gasteiger partial charge in [0.2, 0.25) is 0 Å². The second kappa shape index (κ2) is 15.7. The molecule has 2 atom stereocenters. The summed E-state index contributed by atoms with van der Waals surface area (Å²) in [6, 6.07) is 53.3. The lowest BCUT2D eigenvalue weighted by atomic mass is 10.3. The van der Waals surface area contributed by atoms with Crippen LogP contribution in [0, 0.1) is 0 Å². The largest absolute Gasteiger partial charge is 0.508 e. The molecule has 7 rings (SSSR count). The van der Waals surface area contributed by atoms with E-state index in [4.69, 9.17) is 8.85 Å². The Morgan fingerprint density at radius 3 is 1.16 bits per heavy atom. The molecule has 1 aliphatic heterocycles. The van der Waals surface area contributed by atoms with Crippen LogP contribution in [0.15, 0.2) is 164 Å². The number of benzene rings is 6. The highest BCUT2D eigenvalue weighted by Crippen LogP contribution is 2.32. The average molecular weight is 619 g/mol. The molecule has 7 heteroatoms. The van der Waals surface area contributed by atoms with E-state index in [-0.39, 0.29) is 0 Å². The van der Waals surface area contributed by atoms with Crippen LogP contribution in [0.5, 0.6) is 23.0 Å². The molecule has 0 saturated heterocycles. The van der Waals surface area contributed by atoms with Gasteiger partial charge in [0, 0.05) is 15.8 Å². The van der Waals surface area contributed by atoms with E-state index < -0.39 is 9.28 Å². The van der Waals surface area contributed by atoms with Crippen LogP contribution in [0.4, 0.5) is 0 Å². The molecule has 214 valence electrons. The summed E-state index contributed by atoms with van der Waals surface area (Å²) in [4.78, 5) is 0. The molecule has 0 fully saturated rings. The van der Waals surface area contributed by atoms with E-state index in [9.17, 15) is 10.2 Å². The quantitative estimate of drug-likeness (QED) is 0.194. The Morgan fingerprint density at radius 2 is 0.744 bits per heavy atom. The van der Waals surface area contributed by atoms with E-state index in [1.807, 2.05) is 115 Å². The molecule has 43 heavy (non-hydrogen) atoms. The van der Waals surface area contributed by atoms with Gasteiger partial charge < -0.3 is 19.1 Å². The van der Waals surface area contributed by atoms with Gasteiger partial charge in [-0.15, -0.1) is 0 Å². The summed E-state index contributed by atoms with van der Waals surface area (Å²) in [5, 5.41) is 24.8. The van der Waals surface area contributed by atoms with Crippen molar-refractivity contribution < 1.29 is 19.1 Å². The van der Waals surface area contributed by atoms with E-state index in [1.54, 1.807) is 12.1 Å². The minimum absolute atomic E-state index is 0.384. The number of para-hydroxylation sites is 4. The van der Waals surface area contributed by atoms with Gasteiger partial charge in [0.05, 0.1) is 0 Å². The van der Waals surface area contributed by atoms with Crippen molar-refractivity contribution in [3.05, 3.63) is 164 Å². The number of phenolic OH excluding ortho intramolecular Hbond substituents is 2. The standard InChI is InChI=1S/C12H10O2Si.2C12H11OP/c1-2-6-10(7-3-1)15-13-11-8-4-5-9-12(11)14-15;2*13-11-8-4-5-9-12(11)14-10-6-2-1-3-7-10/h1-9,15H;2*1-9,13-14H. The Balaban J connectivity index is 0.000000129. The zero-order chi connectivity index (χ0) is 29.7. The predicted molar refractivity (Wildman–Crippen MR) is 185 cm³/mol. The molecule has 0 saturated carbocycles. The van der Waals surface area contributed by atoms with E-state index >= 15 is 0 Å². The Kier molecular flexibility index (Phi) is 11.0. The van der Waals surface area contributed by atoms with E-state index in [0.29, 0.717) is 28.7 Å². The van der Waals surface area contributed by atoms with Crippen LogP contribution in [-0.2, 0) is 0 Å². The lowest BCUT2D eigenvalue weighted by molar-refractivity contribution is 0.479. The van der Waals surface area contributed by atoms with Crippen molar-refractivity contribution in [2.24, 2.45) is 0 Å². The average Bonchev–Trinajstić information content (AvgIpc) is 3.50. The maximum absolute atomic E-state index is 9.58. The molecule has 6 aromatic carbocycles. The zero-order valence-electron chi connectivity index (χ0n) is 23.4. The zero-order valence-corrected chi connectivity index (χ0v) is 26.5. The highest BCUT2D eigenvalue weighted by Gasteiger charge is 2.28. The van der Waals surface area contributed by atoms with Crippen molar-refractivity contribution >= 4 is 52.9 Å². The summed E-state index contributed by atoms with van der Waals surface area (Å²) in [6.45, 7) is 0.